The highest BCUT2D eigenvalue weighted by Crippen LogP contribution is 2.19. The molecule has 3 N–H and O–H groups in total. The maximum Gasteiger partial charge on any atom is 0.119 e. The normalized spacial score (nSPS) is 12.5. The maximum atomic E-state index is 10.4. The molecule has 0 bridgehead atoms. The van der Waals surface area contributed by atoms with E-state index in [0.29, 0.717) is 6.42 Å². The fourth-order valence-corrected chi connectivity index (χ4v) is 1.55. The molecule has 0 aromatic heterocycles. The zero-order valence-corrected chi connectivity index (χ0v) is 10.3. The largest absolute Gasteiger partial charge is 0.550 e. The van der Waals surface area contributed by atoms with E-state index in [0.717, 1.165) is 11.3 Å². The summed E-state index contributed by atoms with van der Waals surface area (Å²) in [7, 11) is 0. The maximum absolute atomic E-state index is 10.4. The number of rotatable bonds is 6. The minimum absolute atomic E-state index is 0.0269. The summed E-state index contributed by atoms with van der Waals surface area (Å²) in [4.78, 5) is 10.4. The molecule has 1 rings (SSSR count). The molecule has 0 unspecified atom stereocenters. The Morgan fingerprint density at radius 3 is 2.41 bits per heavy atom. The van der Waals surface area contributed by atoms with Gasteiger partial charge in [0.25, 0.3) is 0 Å². The molecule has 1 atom stereocenters. The topological polar surface area (TPSA) is 77.0 Å². The van der Waals surface area contributed by atoms with Crippen molar-refractivity contribution in [3.8, 4) is 5.75 Å². The van der Waals surface area contributed by atoms with E-state index in [1.807, 2.05) is 38.1 Å². The molecule has 94 valence electrons. The van der Waals surface area contributed by atoms with Crippen molar-refractivity contribution < 1.29 is 20.4 Å². The lowest BCUT2D eigenvalue weighted by molar-refractivity contribution is -0.428. The number of carboxylic acid groups (broad SMARTS) is 1. The van der Waals surface area contributed by atoms with Gasteiger partial charge in [-0.3, -0.25) is 0 Å². The minimum atomic E-state index is -1.03. The van der Waals surface area contributed by atoms with Crippen molar-refractivity contribution in [1.29, 1.82) is 0 Å². The van der Waals surface area contributed by atoms with Crippen LogP contribution in [0.2, 0.25) is 0 Å². The van der Waals surface area contributed by atoms with Gasteiger partial charge in [-0.25, -0.2) is 0 Å². The van der Waals surface area contributed by atoms with Crippen molar-refractivity contribution in [1.82, 2.24) is 0 Å². The van der Waals surface area contributed by atoms with Crippen LogP contribution in [0.5, 0.6) is 5.75 Å². The van der Waals surface area contributed by atoms with Crippen LogP contribution in [-0.2, 0) is 4.79 Å². The predicted molar refractivity (Wildman–Crippen MR) is 62.1 cm³/mol. The summed E-state index contributed by atoms with van der Waals surface area (Å²) >= 11 is 0. The summed E-state index contributed by atoms with van der Waals surface area (Å²) in [5.41, 5.74) is 4.95. The summed E-state index contributed by atoms with van der Waals surface area (Å²) in [6, 6.07) is 7.58. The Bertz CT molecular complexity index is 359. The molecule has 0 amide bonds. The molecule has 0 saturated heterocycles. The van der Waals surface area contributed by atoms with Crippen LogP contribution in [0.1, 0.15) is 38.3 Å². The Morgan fingerprint density at radius 1 is 1.35 bits per heavy atom. The van der Waals surface area contributed by atoms with Crippen LogP contribution < -0.4 is 15.6 Å². The van der Waals surface area contributed by atoms with E-state index in [2.05, 4.69) is 5.73 Å². The molecule has 17 heavy (non-hydrogen) atoms. The number of carbonyl (C=O) groups excluding carboxylic acids is 1. The summed E-state index contributed by atoms with van der Waals surface area (Å²) in [5.74, 6) is -0.214. The van der Waals surface area contributed by atoms with Crippen LogP contribution in [-0.4, -0.2) is 12.1 Å². The van der Waals surface area contributed by atoms with Gasteiger partial charge in [-0.1, -0.05) is 0 Å². The van der Waals surface area contributed by atoms with E-state index >= 15 is 0 Å². The predicted octanol–water partition coefficient (Wildman–Crippen LogP) is 0.287. The van der Waals surface area contributed by atoms with E-state index in [-0.39, 0.29) is 18.6 Å². The molecule has 0 saturated carbocycles. The Kier molecular flexibility index (Phi) is 4.97. The molecule has 0 aliphatic heterocycles. The minimum Gasteiger partial charge on any atom is -0.550 e. The van der Waals surface area contributed by atoms with E-state index in [9.17, 15) is 9.90 Å². The lowest BCUT2D eigenvalue weighted by Crippen LogP contribution is -2.53. The van der Waals surface area contributed by atoms with Gasteiger partial charge in [0, 0.05) is 18.0 Å². The first-order valence-corrected chi connectivity index (χ1v) is 5.78. The molecule has 0 aliphatic carbocycles. The third-order valence-electron chi connectivity index (χ3n) is 2.42. The monoisotopic (exact) mass is 237 g/mol. The summed E-state index contributed by atoms with van der Waals surface area (Å²) in [5, 5.41) is 10.4. The second kappa shape index (κ2) is 6.25. The fourth-order valence-electron chi connectivity index (χ4n) is 1.55. The Balaban J connectivity index is 2.57. The number of aliphatic carboxylic acids is 1. The van der Waals surface area contributed by atoms with Gasteiger partial charge in [-0.05, 0) is 44.5 Å². The molecule has 0 spiro atoms. The van der Waals surface area contributed by atoms with Gasteiger partial charge in [-0.15, -0.1) is 0 Å². The van der Waals surface area contributed by atoms with Gasteiger partial charge in [0.1, 0.15) is 11.8 Å². The van der Waals surface area contributed by atoms with Crippen LogP contribution in [0.4, 0.5) is 0 Å². The highest BCUT2D eigenvalue weighted by Gasteiger charge is 2.09. The quantitative estimate of drug-likeness (QED) is 0.772. The number of hydrogen-bond acceptors (Lipinski definition) is 3. The van der Waals surface area contributed by atoms with E-state index < -0.39 is 5.97 Å². The number of ether oxygens (including phenoxy) is 1. The van der Waals surface area contributed by atoms with Gasteiger partial charge in [0.2, 0.25) is 0 Å². The molecule has 1 aromatic rings. The van der Waals surface area contributed by atoms with Gasteiger partial charge >= 0.3 is 0 Å². The highest BCUT2D eigenvalue weighted by molar-refractivity contribution is 5.64. The van der Waals surface area contributed by atoms with E-state index in [4.69, 9.17) is 4.74 Å². The highest BCUT2D eigenvalue weighted by atomic mass is 16.5. The van der Waals surface area contributed by atoms with Crippen molar-refractivity contribution in [3.63, 3.8) is 0 Å². The van der Waals surface area contributed by atoms with Gasteiger partial charge in [0.05, 0.1) is 6.10 Å². The first-order valence-electron chi connectivity index (χ1n) is 5.78. The SMILES string of the molecule is CC(C)Oc1ccc([C@H]([NH3+])CCC(=O)[O-])cc1. The lowest BCUT2D eigenvalue weighted by atomic mass is 10.0. The van der Waals surface area contributed by atoms with Crippen LogP contribution >= 0.6 is 0 Å². The number of benzene rings is 1. The van der Waals surface area contributed by atoms with Crippen LogP contribution in [0.15, 0.2) is 24.3 Å². The molecule has 0 radical (unpaired) electrons. The van der Waals surface area contributed by atoms with Crippen LogP contribution in [0, 0.1) is 0 Å². The fraction of sp³-hybridized carbons (Fsp3) is 0.462. The number of carbonyl (C=O) groups is 1. The van der Waals surface area contributed by atoms with Crippen molar-refractivity contribution >= 4 is 5.97 Å². The third-order valence-corrected chi connectivity index (χ3v) is 2.42. The summed E-state index contributed by atoms with van der Waals surface area (Å²) in [6.07, 6.45) is 0.681. The Morgan fingerprint density at radius 2 is 1.94 bits per heavy atom. The number of quaternary nitrogens is 1. The van der Waals surface area contributed by atoms with E-state index in [1.165, 1.54) is 0 Å². The van der Waals surface area contributed by atoms with Crippen molar-refractivity contribution in [2.24, 2.45) is 0 Å². The smallest absolute Gasteiger partial charge is 0.119 e. The zero-order chi connectivity index (χ0) is 12.8. The van der Waals surface area contributed by atoms with Crippen LogP contribution in [0.3, 0.4) is 0 Å². The average molecular weight is 237 g/mol. The van der Waals surface area contributed by atoms with Crippen molar-refractivity contribution in [2.45, 2.75) is 38.8 Å². The standard InChI is InChI=1S/C13H19NO3/c1-9(2)17-11-5-3-10(4-6-11)12(14)7-8-13(15)16/h3-6,9,12H,7-8,14H2,1-2H3,(H,15,16)/t12-/m1/s1. The first kappa shape index (κ1) is 13.5. The van der Waals surface area contributed by atoms with Gasteiger partial charge in [0.15, 0.2) is 0 Å². The molecule has 0 fully saturated rings. The lowest BCUT2D eigenvalue weighted by Gasteiger charge is -2.12. The average Bonchev–Trinajstić information content (AvgIpc) is 2.26. The summed E-state index contributed by atoms with van der Waals surface area (Å²) in [6.45, 7) is 3.94. The summed E-state index contributed by atoms with van der Waals surface area (Å²) < 4.78 is 5.52. The molecular weight excluding hydrogens is 218 g/mol. The second-order valence-corrected chi connectivity index (χ2v) is 4.34. The first-order chi connectivity index (χ1) is 7.99. The molecule has 4 heteroatoms. The van der Waals surface area contributed by atoms with E-state index in [1.54, 1.807) is 0 Å². The molecule has 4 nitrogen and oxygen atoms in total. The van der Waals surface area contributed by atoms with Gasteiger partial charge in [-0.2, -0.15) is 0 Å². The molecule has 0 heterocycles. The van der Waals surface area contributed by atoms with Crippen molar-refractivity contribution in [2.75, 3.05) is 0 Å². The van der Waals surface area contributed by atoms with Crippen molar-refractivity contribution in [3.05, 3.63) is 29.8 Å². The molecular formula is C13H19NO3. The zero-order valence-electron chi connectivity index (χ0n) is 10.3. The second-order valence-electron chi connectivity index (χ2n) is 4.34. The number of carboxylic acids is 1. The van der Waals surface area contributed by atoms with Crippen LogP contribution in [0.25, 0.3) is 0 Å². The Hall–Kier alpha value is -1.55. The third kappa shape index (κ3) is 4.87. The Labute approximate surface area is 101 Å². The molecule has 1 aromatic carbocycles. The van der Waals surface area contributed by atoms with Gasteiger partial charge < -0.3 is 20.4 Å². The molecule has 0 aliphatic rings. The number of hydrogen-bond donors (Lipinski definition) is 1.